The Hall–Kier alpha value is -2.08. The first-order chi connectivity index (χ1) is 9.80. The van der Waals surface area contributed by atoms with Gasteiger partial charge in [0.2, 0.25) is 11.2 Å². The largest absolute Gasteiger partial charge is 0.323 e. The summed E-state index contributed by atoms with van der Waals surface area (Å²) in [4.78, 5) is 19.2. The zero-order chi connectivity index (χ0) is 15.4. The highest BCUT2D eigenvalue weighted by molar-refractivity contribution is 6.28. The quantitative estimate of drug-likeness (QED) is 0.822. The molecule has 1 aliphatic rings. The van der Waals surface area contributed by atoms with Crippen LogP contribution in [-0.2, 0) is 10.2 Å². The monoisotopic (exact) mass is 309 g/mol. The van der Waals surface area contributed by atoms with Gasteiger partial charge in [0.15, 0.2) is 5.82 Å². The number of aromatic nitrogens is 2. The van der Waals surface area contributed by atoms with Crippen LogP contribution in [0.5, 0.6) is 0 Å². The van der Waals surface area contributed by atoms with Gasteiger partial charge in [-0.3, -0.25) is 4.79 Å². The standard InChI is InChI=1S/C14H10ClF2N3O/c1-14(2)7-3-6(4-8(16)11(7)19-12(14)21)10-9(17)5-18-13(15)20-10/h3-5H,1-2H3,(H,19,21). The molecule has 0 unspecified atom stereocenters. The van der Waals surface area contributed by atoms with E-state index in [0.29, 0.717) is 5.56 Å². The third-order valence-corrected chi connectivity index (χ3v) is 3.74. The molecule has 0 saturated carbocycles. The number of rotatable bonds is 1. The molecule has 1 aromatic heterocycles. The van der Waals surface area contributed by atoms with Gasteiger partial charge in [-0.2, -0.15) is 0 Å². The summed E-state index contributed by atoms with van der Waals surface area (Å²) >= 11 is 5.65. The minimum Gasteiger partial charge on any atom is -0.323 e. The number of carbonyl (C=O) groups excluding carboxylic acids is 1. The maximum atomic E-state index is 14.2. The summed E-state index contributed by atoms with van der Waals surface area (Å²) in [6.45, 7) is 3.33. The van der Waals surface area contributed by atoms with Gasteiger partial charge < -0.3 is 5.32 Å². The highest BCUT2D eigenvalue weighted by Gasteiger charge is 2.40. The first-order valence-corrected chi connectivity index (χ1v) is 6.52. The molecule has 1 aliphatic heterocycles. The van der Waals surface area contributed by atoms with Crippen molar-refractivity contribution in [3.63, 3.8) is 0 Å². The zero-order valence-corrected chi connectivity index (χ0v) is 11.9. The molecule has 0 radical (unpaired) electrons. The topological polar surface area (TPSA) is 54.9 Å². The lowest BCUT2D eigenvalue weighted by Crippen LogP contribution is -2.26. The van der Waals surface area contributed by atoms with Crippen LogP contribution in [0.2, 0.25) is 5.28 Å². The zero-order valence-electron chi connectivity index (χ0n) is 11.2. The highest BCUT2D eigenvalue weighted by atomic mass is 35.5. The Morgan fingerprint density at radius 3 is 2.67 bits per heavy atom. The van der Waals surface area contributed by atoms with Crippen molar-refractivity contribution in [3.8, 4) is 11.3 Å². The van der Waals surface area contributed by atoms with E-state index in [2.05, 4.69) is 15.3 Å². The fourth-order valence-electron chi connectivity index (χ4n) is 2.30. The third kappa shape index (κ3) is 2.06. The number of nitrogens with one attached hydrogen (secondary N) is 1. The first-order valence-electron chi connectivity index (χ1n) is 6.14. The summed E-state index contributed by atoms with van der Waals surface area (Å²) in [5, 5.41) is 2.36. The second-order valence-corrected chi connectivity index (χ2v) is 5.63. The molecule has 0 saturated heterocycles. The smallest absolute Gasteiger partial charge is 0.234 e. The van der Waals surface area contributed by atoms with E-state index in [1.54, 1.807) is 13.8 Å². The number of carbonyl (C=O) groups is 1. The number of anilines is 1. The van der Waals surface area contributed by atoms with Crippen LogP contribution in [0.3, 0.4) is 0 Å². The highest BCUT2D eigenvalue weighted by Crippen LogP contribution is 2.41. The molecule has 0 aliphatic carbocycles. The number of hydrogen-bond donors (Lipinski definition) is 1. The van der Waals surface area contributed by atoms with E-state index in [4.69, 9.17) is 11.6 Å². The van der Waals surface area contributed by atoms with Crippen LogP contribution in [0, 0.1) is 11.6 Å². The Kier molecular flexibility index (Phi) is 2.95. The van der Waals surface area contributed by atoms with E-state index < -0.39 is 17.0 Å². The second-order valence-electron chi connectivity index (χ2n) is 5.30. The number of nitrogens with zero attached hydrogens (tertiary/aromatic N) is 2. The third-order valence-electron chi connectivity index (χ3n) is 3.56. The molecule has 0 fully saturated rings. The van der Waals surface area contributed by atoms with Crippen LogP contribution in [0.1, 0.15) is 19.4 Å². The van der Waals surface area contributed by atoms with Gasteiger partial charge in [0.05, 0.1) is 17.3 Å². The van der Waals surface area contributed by atoms with Crippen molar-refractivity contribution in [1.29, 1.82) is 0 Å². The Labute approximate surface area is 124 Å². The Morgan fingerprint density at radius 2 is 1.95 bits per heavy atom. The van der Waals surface area contributed by atoms with Crippen molar-refractivity contribution in [1.82, 2.24) is 9.97 Å². The van der Waals surface area contributed by atoms with Gasteiger partial charge in [-0.1, -0.05) is 0 Å². The SMILES string of the molecule is CC1(C)C(=O)Nc2c(F)cc(-c3nc(Cl)ncc3F)cc21. The van der Waals surface area contributed by atoms with Crippen LogP contribution >= 0.6 is 11.6 Å². The number of hydrogen-bond acceptors (Lipinski definition) is 3. The van der Waals surface area contributed by atoms with Gasteiger partial charge in [0, 0.05) is 5.56 Å². The van der Waals surface area contributed by atoms with Crippen molar-refractivity contribution in [3.05, 3.63) is 40.8 Å². The van der Waals surface area contributed by atoms with E-state index in [0.717, 1.165) is 12.3 Å². The molecule has 108 valence electrons. The maximum absolute atomic E-state index is 14.2. The molecule has 3 rings (SSSR count). The van der Waals surface area contributed by atoms with Crippen LogP contribution in [-0.4, -0.2) is 15.9 Å². The fourth-order valence-corrected chi connectivity index (χ4v) is 2.44. The molecule has 4 nitrogen and oxygen atoms in total. The van der Waals surface area contributed by atoms with Crippen molar-refractivity contribution >= 4 is 23.2 Å². The number of benzene rings is 1. The van der Waals surface area contributed by atoms with Crippen molar-refractivity contribution in [2.45, 2.75) is 19.3 Å². The van der Waals surface area contributed by atoms with Crippen molar-refractivity contribution in [2.24, 2.45) is 0 Å². The van der Waals surface area contributed by atoms with Gasteiger partial charge in [-0.15, -0.1) is 0 Å². The molecule has 1 amide bonds. The Balaban J connectivity index is 2.24. The van der Waals surface area contributed by atoms with E-state index in [1.165, 1.54) is 6.07 Å². The Morgan fingerprint density at radius 1 is 1.24 bits per heavy atom. The van der Waals surface area contributed by atoms with Crippen LogP contribution < -0.4 is 5.32 Å². The fraction of sp³-hybridized carbons (Fsp3) is 0.214. The molecule has 7 heteroatoms. The summed E-state index contributed by atoms with van der Waals surface area (Å²) in [5.74, 6) is -1.67. The van der Waals surface area contributed by atoms with E-state index in [9.17, 15) is 13.6 Å². The number of fused-ring (bicyclic) bond motifs is 1. The summed E-state index contributed by atoms with van der Waals surface area (Å²) in [7, 11) is 0. The minimum atomic E-state index is -0.903. The average molecular weight is 310 g/mol. The molecule has 1 N–H and O–H groups in total. The first kappa shape index (κ1) is 13.9. The summed E-state index contributed by atoms with van der Waals surface area (Å²) in [5.41, 5.74) is -0.227. The lowest BCUT2D eigenvalue weighted by atomic mass is 9.85. The molecular formula is C14H10ClF2N3O. The molecular weight excluding hydrogens is 300 g/mol. The molecule has 21 heavy (non-hydrogen) atoms. The lowest BCUT2D eigenvalue weighted by Gasteiger charge is -2.16. The normalized spacial score (nSPS) is 15.8. The van der Waals surface area contributed by atoms with Crippen LogP contribution in [0.25, 0.3) is 11.3 Å². The average Bonchev–Trinajstić information content (AvgIpc) is 2.65. The van der Waals surface area contributed by atoms with Gasteiger partial charge in [-0.25, -0.2) is 18.7 Å². The predicted molar refractivity (Wildman–Crippen MR) is 74.0 cm³/mol. The van der Waals surface area contributed by atoms with Crippen molar-refractivity contribution in [2.75, 3.05) is 5.32 Å². The van der Waals surface area contributed by atoms with Crippen molar-refractivity contribution < 1.29 is 13.6 Å². The summed E-state index contributed by atoms with van der Waals surface area (Å²) in [6, 6.07) is 2.65. The second kappa shape index (κ2) is 4.46. The molecule has 0 atom stereocenters. The summed E-state index contributed by atoms with van der Waals surface area (Å²) in [6.07, 6.45) is 0.921. The molecule has 2 heterocycles. The van der Waals surface area contributed by atoms with E-state index in [-0.39, 0.29) is 28.1 Å². The predicted octanol–water partition coefficient (Wildman–Crippen LogP) is 3.30. The number of amides is 1. The van der Waals surface area contributed by atoms with Gasteiger partial charge in [0.1, 0.15) is 11.5 Å². The molecule has 0 bridgehead atoms. The number of halogens is 3. The molecule has 2 aromatic rings. The molecule has 1 aromatic carbocycles. The summed E-state index contributed by atoms with van der Waals surface area (Å²) < 4.78 is 28.0. The minimum absolute atomic E-state index is 0.105. The van der Waals surface area contributed by atoms with E-state index >= 15 is 0 Å². The molecule has 0 spiro atoms. The van der Waals surface area contributed by atoms with Crippen LogP contribution in [0.4, 0.5) is 14.5 Å². The van der Waals surface area contributed by atoms with Crippen LogP contribution in [0.15, 0.2) is 18.3 Å². The van der Waals surface area contributed by atoms with Gasteiger partial charge in [0.25, 0.3) is 0 Å². The Bertz CT molecular complexity index is 777. The van der Waals surface area contributed by atoms with Gasteiger partial charge in [-0.05, 0) is 43.1 Å². The van der Waals surface area contributed by atoms with Gasteiger partial charge >= 0.3 is 0 Å². The maximum Gasteiger partial charge on any atom is 0.234 e. The van der Waals surface area contributed by atoms with E-state index in [1.807, 2.05) is 0 Å². The lowest BCUT2D eigenvalue weighted by molar-refractivity contribution is -0.119.